The number of nitrogens with zero attached hydrogens (tertiary/aromatic N) is 4. The SMILES string of the molecule is Cc1cc(CN2CCN(Cc3cccc([N+](=O)[O-])c3)CC2)no1. The summed E-state index contributed by atoms with van der Waals surface area (Å²) in [7, 11) is 0. The standard InChI is InChI=1S/C16H20N4O3/c1-13-9-15(17-23-13)12-19-7-5-18(6-8-19)11-14-3-2-4-16(10-14)20(21)22/h2-4,9-10H,5-8,11-12H2,1H3. The first-order valence-electron chi connectivity index (χ1n) is 7.70. The van der Waals surface area contributed by atoms with Crippen molar-refractivity contribution in [2.45, 2.75) is 20.0 Å². The van der Waals surface area contributed by atoms with Crippen LogP contribution in [0.5, 0.6) is 0 Å². The maximum Gasteiger partial charge on any atom is 0.269 e. The molecule has 0 saturated carbocycles. The van der Waals surface area contributed by atoms with Crippen LogP contribution in [0.2, 0.25) is 0 Å². The fraction of sp³-hybridized carbons (Fsp3) is 0.438. The highest BCUT2D eigenvalue weighted by Gasteiger charge is 2.18. The van der Waals surface area contributed by atoms with Gasteiger partial charge >= 0.3 is 0 Å². The number of benzene rings is 1. The summed E-state index contributed by atoms with van der Waals surface area (Å²) in [6, 6.07) is 8.84. The van der Waals surface area contributed by atoms with Crippen molar-refractivity contribution in [3.05, 3.63) is 57.5 Å². The van der Waals surface area contributed by atoms with Gasteiger partial charge in [0.15, 0.2) is 0 Å². The van der Waals surface area contributed by atoms with E-state index in [0.717, 1.165) is 56.3 Å². The minimum atomic E-state index is -0.346. The van der Waals surface area contributed by atoms with Crippen molar-refractivity contribution < 1.29 is 9.45 Å². The van der Waals surface area contributed by atoms with Crippen LogP contribution in [0.3, 0.4) is 0 Å². The summed E-state index contributed by atoms with van der Waals surface area (Å²) in [4.78, 5) is 15.2. The van der Waals surface area contributed by atoms with Crippen LogP contribution in [0.15, 0.2) is 34.9 Å². The van der Waals surface area contributed by atoms with Crippen LogP contribution in [0.25, 0.3) is 0 Å². The molecule has 1 aromatic carbocycles. The van der Waals surface area contributed by atoms with E-state index in [9.17, 15) is 10.1 Å². The molecule has 7 nitrogen and oxygen atoms in total. The number of aryl methyl sites for hydroxylation is 1. The third kappa shape index (κ3) is 4.14. The number of aromatic nitrogens is 1. The zero-order valence-corrected chi connectivity index (χ0v) is 13.1. The summed E-state index contributed by atoms with van der Waals surface area (Å²) < 4.78 is 5.09. The van der Waals surface area contributed by atoms with Crippen molar-refractivity contribution in [2.75, 3.05) is 26.2 Å². The lowest BCUT2D eigenvalue weighted by Crippen LogP contribution is -2.45. The van der Waals surface area contributed by atoms with E-state index >= 15 is 0 Å². The van der Waals surface area contributed by atoms with E-state index in [-0.39, 0.29) is 10.6 Å². The smallest absolute Gasteiger partial charge is 0.269 e. The fourth-order valence-corrected chi connectivity index (χ4v) is 2.85. The van der Waals surface area contributed by atoms with Crippen LogP contribution in [0.4, 0.5) is 5.69 Å². The van der Waals surface area contributed by atoms with Crippen LogP contribution >= 0.6 is 0 Å². The third-order valence-corrected chi connectivity index (χ3v) is 4.05. The molecule has 1 fully saturated rings. The van der Waals surface area contributed by atoms with Crippen LogP contribution in [-0.2, 0) is 13.1 Å². The number of piperazine rings is 1. The molecule has 0 aliphatic carbocycles. The highest BCUT2D eigenvalue weighted by molar-refractivity contribution is 5.34. The molecule has 0 unspecified atom stereocenters. The molecule has 0 N–H and O–H groups in total. The molecule has 0 radical (unpaired) electrons. The first-order valence-corrected chi connectivity index (χ1v) is 7.70. The Balaban J connectivity index is 1.51. The molecule has 122 valence electrons. The second kappa shape index (κ2) is 6.89. The average molecular weight is 316 g/mol. The molecule has 7 heteroatoms. The van der Waals surface area contributed by atoms with Gasteiger partial charge in [-0.05, 0) is 12.5 Å². The molecule has 1 saturated heterocycles. The Kier molecular flexibility index (Phi) is 4.68. The lowest BCUT2D eigenvalue weighted by molar-refractivity contribution is -0.384. The normalized spacial score (nSPS) is 16.6. The van der Waals surface area contributed by atoms with E-state index < -0.39 is 0 Å². The number of hydrogen-bond acceptors (Lipinski definition) is 6. The fourth-order valence-electron chi connectivity index (χ4n) is 2.85. The van der Waals surface area contributed by atoms with Crippen molar-refractivity contribution in [3.63, 3.8) is 0 Å². The van der Waals surface area contributed by atoms with Crippen LogP contribution in [-0.4, -0.2) is 46.1 Å². The van der Waals surface area contributed by atoms with Gasteiger partial charge in [0.2, 0.25) is 0 Å². The van der Waals surface area contributed by atoms with Crippen molar-refractivity contribution in [1.82, 2.24) is 15.0 Å². The van der Waals surface area contributed by atoms with E-state index in [2.05, 4.69) is 15.0 Å². The Morgan fingerprint density at radius 1 is 1.17 bits per heavy atom. The summed E-state index contributed by atoms with van der Waals surface area (Å²) in [5, 5.41) is 14.9. The zero-order valence-electron chi connectivity index (χ0n) is 13.1. The zero-order chi connectivity index (χ0) is 16.2. The molecule has 0 spiro atoms. The van der Waals surface area contributed by atoms with E-state index in [1.54, 1.807) is 12.1 Å². The van der Waals surface area contributed by atoms with Crippen LogP contribution in [0.1, 0.15) is 17.0 Å². The number of non-ortho nitro benzene ring substituents is 1. The molecule has 0 atom stereocenters. The highest BCUT2D eigenvalue weighted by Crippen LogP contribution is 2.16. The minimum Gasteiger partial charge on any atom is -0.361 e. The van der Waals surface area contributed by atoms with Crippen molar-refractivity contribution in [1.29, 1.82) is 0 Å². The molecule has 3 rings (SSSR count). The molecule has 2 aromatic rings. The Morgan fingerprint density at radius 2 is 1.87 bits per heavy atom. The van der Waals surface area contributed by atoms with Gasteiger partial charge in [0.05, 0.1) is 10.6 Å². The molecule has 1 aliphatic rings. The monoisotopic (exact) mass is 316 g/mol. The second-order valence-corrected chi connectivity index (χ2v) is 5.91. The molecule has 0 bridgehead atoms. The van der Waals surface area contributed by atoms with Crippen molar-refractivity contribution in [2.24, 2.45) is 0 Å². The molecule has 0 amide bonds. The van der Waals surface area contributed by atoms with Gasteiger partial charge < -0.3 is 4.52 Å². The lowest BCUT2D eigenvalue weighted by Gasteiger charge is -2.34. The molecular formula is C16H20N4O3. The second-order valence-electron chi connectivity index (χ2n) is 5.91. The van der Waals surface area contributed by atoms with Gasteiger partial charge in [0.1, 0.15) is 5.76 Å². The maximum absolute atomic E-state index is 10.8. The van der Waals surface area contributed by atoms with Gasteiger partial charge in [-0.3, -0.25) is 19.9 Å². The highest BCUT2D eigenvalue weighted by atomic mass is 16.6. The summed E-state index contributed by atoms with van der Waals surface area (Å²) in [6.45, 7) is 7.26. The third-order valence-electron chi connectivity index (χ3n) is 4.05. The Bertz CT molecular complexity index is 677. The predicted molar refractivity (Wildman–Crippen MR) is 84.9 cm³/mol. The van der Waals surface area contributed by atoms with Gasteiger partial charge in [-0.1, -0.05) is 17.3 Å². The predicted octanol–water partition coefficient (Wildman–Crippen LogP) is 2.21. The Hall–Kier alpha value is -2.25. The van der Waals surface area contributed by atoms with Gasteiger partial charge in [0.25, 0.3) is 5.69 Å². The first-order chi connectivity index (χ1) is 11.1. The largest absolute Gasteiger partial charge is 0.361 e. The van der Waals surface area contributed by atoms with Crippen LogP contribution < -0.4 is 0 Å². The Labute approximate surface area is 134 Å². The number of nitro groups is 1. The average Bonchev–Trinajstić information content (AvgIpc) is 2.94. The van der Waals surface area contributed by atoms with E-state index in [0.29, 0.717) is 0 Å². The quantitative estimate of drug-likeness (QED) is 0.622. The number of hydrogen-bond donors (Lipinski definition) is 0. The van der Waals surface area contributed by atoms with E-state index in [4.69, 9.17) is 4.52 Å². The summed E-state index contributed by atoms with van der Waals surface area (Å²) in [5.41, 5.74) is 2.11. The summed E-state index contributed by atoms with van der Waals surface area (Å²) >= 11 is 0. The number of rotatable bonds is 5. The maximum atomic E-state index is 10.8. The molecule has 2 heterocycles. The minimum absolute atomic E-state index is 0.155. The Morgan fingerprint density at radius 3 is 2.48 bits per heavy atom. The van der Waals surface area contributed by atoms with Gasteiger partial charge in [-0.2, -0.15) is 0 Å². The van der Waals surface area contributed by atoms with Crippen molar-refractivity contribution >= 4 is 5.69 Å². The molecule has 1 aliphatic heterocycles. The number of nitro benzene ring substituents is 1. The van der Waals surface area contributed by atoms with Crippen molar-refractivity contribution in [3.8, 4) is 0 Å². The van der Waals surface area contributed by atoms with Gasteiger partial charge in [-0.25, -0.2) is 0 Å². The van der Waals surface area contributed by atoms with Gasteiger partial charge in [-0.15, -0.1) is 0 Å². The molecule has 23 heavy (non-hydrogen) atoms. The van der Waals surface area contributed by atoms with E-state index in [1.807, 2.05) is 19.1 Å². The molecule has 1 aromatic heterocycles. The van der Waals surface area contributed by atoms with Crippen LogP contribution in [0, 0.1) is 17.0 Å². The molecular weight excluding hydrogens is 296 g/mol. The van der Waals surface area contributed by atoms with E-state index in [1.165, 1.54) is 6.07 Å². The first kappa shape index (κ1) is 15.6. The summed E-state index contributed by atoms with van der Waals surface area (Å²) in [6.07, 6.45) is 0. The topological polar surface area (TPSA) is 75.7 Å². The van der Waals surface area contributed by atoms with Gasteiger partial charge in [0, 0.05) is 57.5 Å². The summed E-state index contributed by atoms with van der Waals surface area (Å²) in [5.74, 6) is 0.837. The lowest BCUT2D eigenvalue weighted by atomic mass is 10.1.